The van der Waals surface area contributed by atoms with Crippen LogP contribution in [0.5, 0.6) is 0 Å². The molecule has 1 fully saturated rings. The average molecular weight is 418 g/mol. The van der Waals surface area contributed by atoms with Crippen molar-refractivity contribution in [3.05, 3.63) is 40.5 Å². The lowest BCUT2D eigenvalue weighted by atomic mass is 10.1. The largest absolute Gasteiger partial charge is 0.380 e. The topological polar surface area (TPSA) is 96.3 Å². The Balaban J connectivity index is 1.65. The average Bonchev–Trinajstić information content (AvgIpc) is 3.32. The first-order chi connectivity index (χ1) is 13.9. The van der Waals surface area contributed by atoms with Crippen LogP contribution in [0.1, 0.15) is 41.9 Å². The standard InChI is InChI=1S/C19H23FN6O2S/c1-10(12-6-13(20)8-21-7-12)22-19-24-15(16-17(25-19)23-11(2)29-16)18(27)26-5-4-14(9-26)28-3/h6-8,10,14,18,27H,4-5,9H2,1-3H3,(H,22,24,25)/t10-,14+,18?/m0/s1. The lowest BCUT2D eigenvalue weighted by molar-refractivity contribution is 0.00382. The molecule has 8 nitrogen and oxygen atoms in total. The van der Waals surface area contributed by atoms with Gasteiger partial charge in [0, 0.05) is 26.4 Å². The minimum atomic E-state index is -0.882. The van der Waals surface area contributed by atoms with Crippen molar-refractivity contribution >= 4 is 27.6 Å². The number of nitrogens with one attached hydrogen (secondary N) is 1. The molecule has 2 N–H and O–H groups in total. The zero-order chi connectivity index (χ0) is 20.5. The molecule has 0 spiro atoms. The number of anilines is 1. The van der Waals surface area contributed by atoms with Crippen LogP contribution >= 0.6 is 11.3 Å². The summed E-state index contributed by atoms with van der Waals surface area (Å²) < 4.78 is 19.7. The molecular formula is C19H23FN6O2S. The number of halogens is 1. The van der Waals surface area contributed by atoms with Crippen LogP contribution in [0.15, 0.2) is 18.5 Å². The van der Waals surface area contributed by atoms with E-state index in [2.05, 4.69) is 25.3 Å². The molecule has 0 aliphatic carbocycles. The van der Waals surface area contributed by atoms with Crippen LogP contribution < -0.4 is 5.32 Å². The molecular weight excluding hydrogens is 395 g/mol. The number of aryl methyl sites for hydroxylation is 1. The molecule has 0 aromatic carbocycles. The number of hydrogen-bond acceptors (Lipinski definition) is 9. The number of fused-ring (bicyclic) bond motifs is 1. The van der Waals surface area contributed by atoms with Crippen LogP contribution in [-0.4, -0.2) is 56.2 Å². The van der Waals surface area contributed by atoms with Crippen LogP contribution in [0.25, 0.3) is 10.3 Å². The molecule has 29 heavy (non-hydrogen) atoms. The lowest BCUT2D eigenvalue weighted by Gasteiger charge is -2.23. The van der Waals surface area contributed by atoms with E-state index in [1.807, 2.05) is 18.7 Å². The molecule has 1 saturated heterocycles. The number of likely N-dealkylation sites (tertiary alicyclic amines) is 1. The number of rotatable bonds is 6. The first-order valence-corrected chi connectivity index (χ1v) is 10.2. The number of ether oxygens (including phenoxy) is 1. The Labute approximate surface area is 171 Å². The third-order valence-corrected chi connectivity index (χ3v) is 6.04. The summed E-state index contributed by atoms with van der Waals surface area (Å²) in [6.07, 6.45) is 2.83. The van der Waals surface area contributed by atoms with E-state index in [0.717, 1.165) is 28.9 Å². The highest BCUT2D eigenvalue weighted by Gasteiger charge is 2.31. The van der Waals surface area contributed by atoms with Crippen LogP contribution in [0, 0.1) is 12.7 Å². The highest BCUT2D eigenvalue weighted by atomic mass is 32.1. The molecule has 0 amide bonds. The summed E-state index contributed by atoms with van der Waals surface area (Å²) in [6.45, 7) is 5.12. The first-order valence-electron chi connectivity index (χ1n) is 9.41. The normalized spacial score (nSPS) is 19.6. The number of aliphatic hydroxyl groups excluding tert-OH is 1. The van der Waals surface area contributed by atoms with Crippen LogP contribution in [-0.2, 0) is 4.74 Å². The zero-order valence-corrected chi connectivity index (χ0v) is 17.3. The third kappa shape index (κ3) is 4.20. The van der Waals surface area contributed by atoms with Crippen LogP contribution in [0.3, 0.4) is 0 Å². The number of pyridine rings is 1. The Morgan fingerprint density at radius 3 is 2.90 bits per heavy atom. The van der Waals surface area contributed by atoms with Crippen molar-refractivity contribution in [3.63, 3.8) is 0 Å². The van der Waals surface area contributed by atoms with Gasteiger partial charge in [0.05, 0.1) is 28.1 Å². The van der Waals surface area contributed by atoms with Gasteiger partial charge in [-0.2, -0.15) is 4.98 Å². The van der Waals surface area contributed by atoms with Crippen molar-refractivity contribution in [2.75, 3.05) is 25.5 Å². The Hall–Kier alpha value is -2.27. The highest BCUT2D eigenvalue weighted by molar-refractivity contribution is 7.18. The van der Waals surface area contributed by atoms with Crippen molar-refractivity contribution in [2.45, 2.75) is 38.6 Å². The van der Waals surface area contributed by atoms with Crippen molar-refractivity contribution in [2.24, 2.45) is 0 Å². The number of aliphatic hydroxyl groups is 1. The molecule has 0 radical (unpaired) electrons. The summed E-state index contributed by atoms with van der Waals surface area (Å²) in [7, 11) is 1.68. The molecule has 3 aromatic rings. The molecule has 4 heterocycles. The van der Waals surface area contributed by atoms with Gasteiger partial charge >= 0.3 is 0 Å². The molecule has 3 atom stereocenters. The molecule has 1 unspecified atom stereocenters. The summed E-state index contributed by atoms with van der Waals surface area (Å²) >= 11 is 1.46. The second-order valence-electron chi connectivity index (χ2n) is 7.14. The number of nitrogens with zero attached hydrogens (tertiary/aromatic N) is 5. The number of thiazole rings is 1. The summed E-state index contributed by atoms with van der Waals surface area (Å²) in [5.41, 5.74) is 1.73. The maximum atomic E-state index is 13.5. The maximum Gasteiger partial charge on any atom is 0.225 e. The fourth-order valence-electron chi connectivity index (χ4n) is 3.47. The first kappa shape index (κ1) is 20.0. The van der Waals surface area contributed by atoms with Gasteiger partial charge in [0.15, 0.2) is 11.9 Å². The smallest absolute Gasteiger partial charge is 0.225 e. The van der Waals surface area contributed by atoms with Gasteiger partial charge in [-0.25, -0.2) is 14.4 Å². The highest BCUT2D eigenvalue weighted by Crippen LogP contribution is 2.32. The summed E-state index contributed by atoms with van der Waals surface area (Å²) in [6, 6.07) is 1.14. The Morgan fingerprint density at radius 1 is 1.34 bits per heavy atom. The van der Waals surface area contributed by atoms with Crippen molar-refractivity contribution in [3.8, 4) is 0 Å². The Kier molecular flexibility index (Phi) is 5.68. The molecule has 0 saturated carbocycles. The quantitative estimate of drug-likeness (QED) is 0.631. The van der Waals surface area contributed by atoms with Crippen LogP contribution in [0.2, 0.25) is 0 Å². The van der Waals surface area contributed by atoms with Gasteiger partial charge in [0.1, 0.15) is 11.5 Å². The molecule has 1 aliphatic heterocycles. The summed E-state index contributed by atoms with van der Waals surface area (Å²) in [4.78, 5) is 19.4. The minimum absolute atomic E-state index is 0.100. The maximum absolute atomic E-state index is 13.5. The monoisotopic (exact) mass is 418 g/mol. The minimum Gasteiger partial charge on any atom is -0.380 e. The van der Waals surface area contributed by atoms with Crippen molar-refractivity contribution < 1.29 is 14.2 Å². The lowest BCUT2D eigenvalue weighted by Crippen LogP contribution is -2.28. The molecule has 0 bridgehead atoms. The van der Waals surface area contributed by atoms with Crippen molar-refractivity contribution in [1.29, 1.82) is 0 Å². The van der Waals surface area contributed by atoms with Gasteiger partial charge in [0.2, 0.25) is 5.95 Å². The number of methoxy groups -OCH3 is 1. The zero-order valence-electron chi connectivity index (χ0n) is 16.5. The summed E-state index contributed by atoms with van der Waals surface area (Å²) in [5, 5.41) is 15.0. The van der Waals surface area contributed by atoms with E-state index >= 15 is 0 Å². The second kappa shape index (κ2) is 8.23. The molecule has 10 heteroatoms. The molecule has 154 valence electrons. The van der Waals surface area contributed by atoms with Gasteiger partial charge in [0.25, 0.3) is 0 Å². The van der Waals surface area contributed by atoms with Gasteiger partial charge in [-0.3, -0.25) is 9.88 Å². The Bertz CT molecular complexity index is 1020. The van der Waals surface area contributed by atoms with E-state index in [0.29, 0.717) is 29.4 Å². The van der Waals surface area contributed by atoms with E-state index < -0.39 is 12.0 Å². The van der Waals surface area contributed by atoms with Gasteiger partial charge in [-0.05, 0) is 31.9 Å². The fraction of sp³-hybridized carbons (Fsp3) is 0.474. The van der Waals surface area contributed by atoms with E-state index in [9.17, 15) is 9.50 Å². The van der Waals surface area contributed by atoms with E-state index in [1.165, 1.54) is 17.4 Å². The summed E-state index contributed by atoms with van der Waals surface area (Å²) in [5.74, 6) is -0.0726. The fourth-order valence-corrected chi connectivity index (χ4v) is 4.34. The van der Waals surface area contributed by atoms with Gasteiger partial charge in [-0.1, -0.05) is 0 Å². The SMILES string of the molecule is CO[C@@H]1CCN(C(O)c2nc(N[C@@H](C)c3cncc(F)c3)nc3nc(C)sc23)C1. The third-order valence-electron chi connectivity index (χ3n) is 5.06. The van der Waals surface area contributed by atoms with Gasteiger partial charge < -0.3 is 15.2 Å². The van der Waals surface area contributed by atoms with E-state index in [-0.39, 0.29) is 12.1 Å². The molecule has 1 aliphatic rings. The van der Waals surface area contributed by atoms with E-state index in [1.54, 1.807) is 13.3 Å². The van der Waals surface area contributed by atoms with Crippen LogP contribution in [0.4, 0.5) is 10.3 Å². The van der Waals surface area contributed by atoms with Crippen molar-refractivity contribution in [1.82, 2.24) is 24.8 Å². The molecule has 4 rings (SSSR count). The van der Waals surface area contributed by atoms with E-state index in [4.69, 9.17) is 4.74 Å². The van der Waals surface area contributed by atoms with Gasteiger partial charge in [-0.15, -0.1) is 11.3 Å². The predicted molar refractivity (Wildman–Crippen MR) is 108 cm³/mol. The Morgan fingerprint density at radius 2 is 2.17 bits per heavy atom. The second-order valence-corrected chi connectivity index (χ2v) is 8.34. The number of hydrogen-bond donors (Lipinski definition) is 2. The number of aromatic nitrogens is 4. The molecule has 3 aromatic heterocycles. The predicted octanol–water partition coefficient (Wildman–Crippen LogP) is 2.81.